The number of fused-ring (bicyclic) bond motifs is 1. The topological polar surface area (TPSA) is 56.6 Å². The first-order valence-electron chi connectivity index (χ1n) is 11.7. The molecule has 0 unspecified atom stereocenters. The second-order valence-electron chi connectivity index (χ2n) is 8.65. The van der Waals surface area contributed by atoms with Crippen molar-refractivity contribution in [3.05, 3.63) is 90.3 Å². The maximum absolute atomic E-state index is 12.8. The third-order valence-electron chi connectivity index (χ3n) is 6.33. The van der Waals surface area contributed by atoms with E-state index in [0.717, 1.165) is 46.9 Å². The molecule has 1 saturated heterocycles. The van der Waals surface area contributed by atoms with Crippen molar-refractivity contribution in [2.45, 2.75) is 31.8 Å². The highest BCUT2D eigenvalue weighted by Crippen LogP contribution is 2.31. The van der Waals surface area contributed by atoms with Gasteiger partial charge in [0.1, 0.15) is 17.3 Å². The van der Waals surface area contributed by atoms with E-state index in [1.807, 2.05) is 65.6 Å². The Bertz CT molecular complexity index is 1250. The number of carbonyl (C=O) groups excluding carboxylic acids is 1. The first-order chi connectivity index (χ1) is 16.7. The number of rotatable bonds is 9. The van der Waals surface area contributed by atoms with Crippen molar-refractivity contribution in [1.82, 2.24) is 14.5 Å². The van der Waals surface area contributed by atoms with Crippen LogP contribution in [0.3, 0.4) is 0 Å². The van der Waals surface area contributed by atoms with Crippen LogP contribution in [0.1, 0.15) is 30.1 Å². The third kappa shape index (κ3) is 4.76. The second-order valence-corrected chi connectivity index (χ2v) is 8.65. The van der Waals surface area contributed by atoms with Crippen LogP contribution in [0.15, 0.2) is 78.9 Å². The Labute approximate surface area is 199 Å². The molecule has 4 aromatic rings. The molecule has 2 heterocycles. The zero-order valence-electron chi connectivity index (χ0n) is 19.4. The van der Waals surface area contributed by atoms with Gasteiger partial charge >= 0.3 is 0 Å². The maximum Gasteiger partial charge on any atom is 0.223 e. The number of carbonyl (C=O) groups is 1. The number of hydrogen-bond acceptors (Lipinski definition) is 4. The Morgan fingerprint density at radius 2 is 1.68 bits per heavy atom. The number of hydrogen-bond donors (Lipinski definition) is 0. The molecule has 6 heteroatoms. The SMILES string of the molecule is COc1ccc(OCCCn2c([C@H]3CC(=O)N(Cc4ccccc4)C3)nc3ccccc32)cc1. The summed E-state index contributed by atoms with van der Waals surface area (Å²) in [5, 5.41) is 0. The highest BCUT2D eigenvalue weighted by Gasteiger charge is 2.33. The normalized spacial score (nSPS) is 15.7. The molecule has 3 aromatic carbocycles. The fraction of sp³-hybridized carbons (Fsp3) is 0.286. The smallest absolute Gasteiger partial charge is 0.223 e. The minimum absolute atomic E-state index is 0.0890. The Hall–Kier alpha value is -3.80. The van der Waals surface area contributed by atoms with Gasteiger partial charge in [-0.25, -0.2) is 4.98 Å². The van der Waals surface area contributed by atoms with E-state index in [0.29, 0.717) is 26.1 Å². The van der Waals surface area contributed by atoms with Gasteiger partial charge in [-0.05, 0) is 48.4 Å². The summed E-state index contributed by atoms with van der Waals surface area (Å²) < 4.78 is 13.4. The standard InChI is InChI=1S/C28H29N3O3/c1-33-23-12-14-24(15-13-23)34-17-7-16-31-26-11-6-5-10-25(26)29-28(31)22-18-27(32)30(20-22)19-21-8-3-2-4-9-21/h2-6,8-15,22H,7,16-20H2,1H3/t22-/m0/s1. The highest BCUT2D eigenvalue weighted by atomic mass is 16.5. The average molecular weight is 456 g/mol. The lowest BCUT2D eigenvalue weighted by Crippen LogP contribution is -2.24. The van der Waals surface area contributed by atoms with Crippen LogP contribution in [0.4, 0.5) is 0 Å². The molecule has 0 aliphatic carbocycles. The van der Waals surface area contributed by atoms with Gasteiger partial charge in [0.2, 0.25) is 5.91 Å². The molecule has 1 aliphatic heterocycles. The summed E-state index contributed by atoms with van der Waals surface area (Å²) in [5.74, 6) is 2.92. The summed E-state index contributed by atoms with van der Waals surface area (Å²) in [4.78, 5) is 19.7. The van der Waals surface area contributed by atoms with E-state index in [1.165, 1.54) is 0 Å². The predicted octanol–water partition coefficient (Wildman–Crippen LogP) is 5.03. The number of para-hydroxylation sites is 2. The molecular weight excluding hydrogens is 426 g/mol. The molecule has 1 aliphatic rings. The van der Waals surface area contributed by atoms with E-state index in [4.69, 9.17) is 14.5 Å². The lowest BCUT2D eigenvalue weighted by molar-refractivity contribution is -0.128. The fourth-order valence-corrected chi connectivity index (χ4v) is 4.63. The summed E-state index contributed by atoms with van der Waals surface area (Å²) >= 11 is 0. The van der Waals surface area contributed by atoms with E-state index < -0.39 is 0 Å². The van der Waals surface area contributed by atoms with Crippen LogP contribution in [0, 0.1) is 0 Å². The number of methoxy groups -OCH3 is 1. The van der Waals surface area contributed by atoms with E-state index in [-0.39, 0.29) is 11.8 Å². The molecule has 1 aromatic heterocycles. The van der Waals surface area contributed by atoms with Gasteiger partial charge in [-0.3, -0.25) is 4.79 Å². The Morgan fingerprint density at radius 1 is 0.941 bits per heavy atom. The third-order valence-corrected chi connectivity index (χ3v) is 6.33. The quantitative estimate of drug-likeness (QED) is 0.332. The largest absolute Gasteiger partial charge is 0.497 e. The molecule has 6 nitrogen and oxygen atoms in total. The zero-order chi connectivity index (χ0) is 23.3. The summed E-state index contributed by atoms with van der Waals surface area (Å²) in [6.45, 7) is 2.73. The summed E-state index contributed by atoms with van der Waals surface area (Å²) in [6, 6.07) is 26.0. The highest BCUT2D eigenvalue weighted by molar-refractivity contribution is 5.81. The molecule has 0 bridgehead atoms. The summed E-state index contributed by atoms with van der Waals surface area (Å²) in [7, 11) is 1.65. The van der Waals surface area contributed by atoms with Gasteiger partial charge < -0.3 is 18.9 Å². The average Bonchev–Trinajstić information content (AvgIpc) is 3.43. The van der Waals surface area contributed by atoms with Gasteiger partial charge in [-0.15, -0.1) is 0 Å². The minimum atomic E-state index is 0.0890. The molecule has 1 amide bonds. The lowest BCUT2D eigenvalue weighted by Gasteiger charge is -2.17. The molecule has 0 radical (unpaired) electrons. The van der Waals surface area contributed by atoms with Crippen molar-refractivity contribution >= 4 is 16.9 Å². The van der Waals surface area contributed by atoms with Crippen molar-refractivity contribution in [2.75, 3.05) is 20.3 Å². The van der Waals surface area contributed by atoms with Crippen molar-refractivity contribution < 1.29 is 14.3 Å². The zero-order valence-corrected chi connectivity index (χ0v) is 19.4. The van der Waals surface area contributed by atoms with Crippen molar-refractivity contribution in [2.24, 2.45) is 0 Å². The van der Waals surface area contributed by atoms with Crippen LogP contribution in [0.5, 0.6) is 11.5 Å². The number of imidazole rings is 1. The summed E-state index contributed by atoms with van der Waals surface area (Å²) in [5.41, 5.74) is 3.24. The van der Waals surface area contributed by atoms with Gasteiger partial charge in [-0.2, -0.15) is 0 Å². The van der Waals surface area contributed by atoms with Gasteiger partial charge in [0.15, 0.2) is 0 Å². The van der Waals surface area contributed by atoms with Crippen LogP contribution in [-0.2, 0) is 17.9 Å². The number of aromatic nitrogens is 2. The number of amides is 1. The molecular formula is C28H29N3O3. The van der Waals surface area contributed by atoms with Gasteiger partial charge in [0.05, 0.1) is 24.8 Å². The molecule has 34 heavy (non-hydrogen) atoms. The Kier molecular flexibility index (Phi) is 6.47. The first kappa shape index (κ1) is 22.0. The van der Waals surface area contributed by atoms with Crippen LogP contribution in [0.2, 0.25) is 0 Å². The van der Waals surface area contributed by atoms with Gasteiger partial charge in [0, 0.05) is 32.0 Å². The number of aryl methyl sites for hydroxylation is 1. The van der Waals surface area contributed by atoms with Crippen LogP contribution in [0.25, 0.3) is 11.0 Å². The van der Waals surface area contributed by atoms with Crippen LogP contribution < -0.4 is 9.47 Å². The second kappa shape index (κ2) is 10.00. The summed E-state index contributed by atoms with van der Waals surface area (Å²) in [6.07, 6.45) is 1.34. The van der Waals surface area contributed by atoms with Crippen LogP contribution in [-0.4, -0.2) is 40.6 Å². The van der Waals surface area contributed by atoms with E-state index in [1.54, 1.807) is 7.11 Å². The van der Waals surface area contributed by atoms with E-state index >= 15 is 0 Å². The first-order valence-corrected chi connectivity index (χ1v) is 11.7. The maximum atomic E-state index is 12.8. The molecule has 174 valence electrons. The van der Waals surface area contributed by atoms with Crippen molar-refractivity contribution in [3.63, 3.8) is 0 Å². The van der Waals surface area contributed by atoms with Crippen LogP contribution >= 0.6 is 0 Å². The monoisotopic (exact) mass is 455 g/mol. The molecule has 1 fully saturated rings. The Balaban J connectivity index is 1.28. The number of ether oxygens (including phenoxy) is 2. The fourth-order valence-electron chi connectivity index (χ4n) is 4.63. The van der Waals surface area contributed by atoms with Gasteiger partial charge in [-0.1, -0.05) is 42.5 Å². The molecule has 5 rings (SSSR count). The van der Waals surface area contributed by atoms with E-state index in [9.17, 15) is 4.79 Å². The number of nitrogens with zero attached hydrogens (tertiary/aromatic N) is 3. The van der Waals surface area contributed by atoms with Crippen molar-refractivity contribution in [3.8, 4) is 11.5 Å². The predicted molar refractivity (Wildman–Crippen MR) is 132 cm³/mol. The van der Waals surface area contributed by atoms with Crippen molar-refractivity contribution in [1.29, 1.82) is 0 Å². The van der Waals surface area contributed by atoms with Gasteiger partial charge in [0.25, 0.3) is 0 Å². The molecule has 0 saturated carbocycles. The minimum Gasteiger partial charge on any atom is -0.497 e. The Morgan fingerprint density at radius 3 is 2.47 bits per heavy atom. The number of likely N-dealkylation sites (tertiary alicyclic amines) is 1. The van der Waals surface area contributed by atoms with E-state index in [2.05, 4.69) is 22.8 Å². The number of benzene rings is 3. The molecule has 0 N–H and O–H groups in total. The molecule has 0 spiro atoms. The lowest BCUT2D eigenvalue weighted by atomic mass is 10.1. The molecule has 1 atom stereocenters.